The molecule has 0 saturated carbocycles. The second-order valence-corrected chi connectivity index (χ2v) is 10.2. The van der Waals surface area contributed by atoms with Gasteiger partial charge in [-0.05, 0) is 79.9 Å². The van der Waals surface area contributed by atoms with Crippen LogP contribution in [0.4, 0.5) is 11.4 Å². The van der Waals surface area contributed by atoms with Crippen LogP contribution in [0.5, 0.6) is 0 Å². The van der Waals surface area contributed by atoms with Gasteiger partial charge < -0.3 is 5.32 Å². The molecule has 1 heteroatoms. The van der Waals surface area contributed by atoms with Crippen LogP contribution in [0.25, 0.3) is 33.4 Å². The minimum absolute atomic E-state index is 0.310. The summed E-state index contributed by atoms with van der Waals surface area (Å²) >= 11 is 0. The van der Waals surface area contributed by atoms with Crippen molar-refractivity contribution in [3.63, 3.8) is 0 Å². The maximum Gasteiger partial charge on any atom is 0.0725 e. The Kier molecular flexibility index (Phi) is 4.50. The third-order valence-corrected chi connectivity index (χ3v) is 8.26. The average molecular weight is 484 g/mol. The molecule has 0 amide bonds. The second kappa shape index (κ2) is 8.06. The summed E-state index contributed by atoms with van der Waals surface area (Å²) in [6.45, 7) is 0. The molecule has 1 spiro atoms. The zero-order valence-corrected chi connectivity index (χ0v) is 20.9. The van der Waals surface area contributed by atoms with E-state index in [2.05, 4.69) is 145 Å². The van der Waals surface area contributed by atoms with E-state index in [1.165, 1.54) is 55.6 Å². The first-order valence-electron chi connectivity index (χ1n) is 13.2. The maximum absolute atomic E-state index is 3.58. The van der Waals surface area contributed by atoms with Crippen molar-refractivity contribution in [2.45, 2.75) is 5.41 Å². The van der Waals surface area contributed by atoms with Crippen LogP contribution >= 0.6 is 0 Å². The van der Waals surface area contributed by atoms with E-state index >= 15 is 0 Å². The molecule has 1 nitrogen and oxygen atoms in total. The van der Waals surface area contributed by atoms with Crippen LogP contribution in [-0.2, 0) is 5.41 Å². The van der Waals surface area contributed by atoms with E-state index in [0.29, 0.717) is 0 Å². The van der Waals surface area contributed by atoms with Crippen LogP contribution in [-0.4, -0.2) is 0 Å². The molecule has 0 unspecified atom stereocenters. The molecule has 2 aliphatic carbocycles. The first-order chi connectivity index (χ1) is 18.9. The summed E-state index contributed by atoms with van der Waals surface area (Å²) < 4.78 is 0. The summed E-state index contributed by atoms with van der Waals surface area (Å²) in [6.07, 6.45) is 0. The Morgan fingerprint density at radius 1 is 0.368 bits per heavy atom. The number of rotatable bonds is 3. The van der Waals surface area contributed by atoms with Gasteiger partial charge in [0.05, 0.1) is 5.41 Å². The molecule has 0 saturated heterocycles. The lowest BCUT2D eigenvalue weighted by Crippen LogP contribution is -2.25. The third-order valence-electron chi connectivity index (χ3n) is 8.26. The van der Waals surface area contributed by atoms with Gasteiger partial charge in [0.15, 0.2) is 0 Å². The Bertz CT molecular complexity index is 1800. The van der Waals surface area contributed by atoms with Gasteiger partial charge in [-0.2, -0.15) is 0 Å². The highest BCUT2D eigenvalue weighted by molar-refractivity contribution is 6.00. The van der Waals surface area contributed by atoms with Crippen molar-refractivity contribution >= 4 is 11.4 Å². The molecule has 0 radical (unpaired) electrons. The Balaban J connectivity index is 1.39. The van der Waals surface area contributed by atoms with Crippen LogP contribution < -0.4 is 5.32 Å². The van der Waals surface area contributed by atoms with Crippen molar-refractivity contribution in [1.82, 2.24) is 0 Å². The van der Waals surface area contributed by atoms with Gasteiger partial charge in [0.2, 0.25) is 0 Å². The molecule has 8 rings (SSSR count). The van der Waals surface area contributed by atoms with Gasteiger partial charge in [-0.3, -0.25) is 0 Å². The van der Waals surface area contributed by atoms with E-state index in [4.69, 9.17) is 0 Å². The van der Waals surface area contributed by atoms with E-state index in [1.807, 2.05) is 6.07 Å². The molecule has 178 valence electrons. The van der Waals surface area contributed by atoms with Crippen molar-refractivity contribution in [2.24, 2.45) is 0 Å². The predicted molar refractivity (Wildman–Crippen MR) is 158 cm³/mol. The SMILES string of the molecule is c1ccc(Nc2cccc(-c3cccc4c3-c3ccccc3C43c4ccccc4-c4ccccc43)c2)cc1. The highest BCUT2D eigenvalue weighted by Gasteiger charge is 2.51. The van der Waals surface area contributed by atoms with Crippen LogP contribution in [0, 0.1) is 0 Å². The monoisotopic (exact) mass is 483 g/mol. The molecule has 6 aromatic rings. The number of nitrogens with one attached hydrogen (secondary N) is 1. The Morgan fingerprint density at radius 2 is 0.868 bits per heavy atom. The van der Waals surface area contributed by atoms with Crippen molar-refractivity contribution in [1.29, 1.82) is 0 Å². The topological polar surface area (TPSA) is 12.0 Å². The molecule has 38 heavy (non-hydrogen) atoms. The van der Waals surface area contributed by atoms with Crippen LogP contribution in [0.15, 0.2) is 146 Å². The largest absolute Gasteiger partial charge is 0.356 e. The quantitative estimate of drug-likeness (QED) is 0.264. The lowest BCUT2D eigenvalue weighted by molar-refractivity contribution is 0.794. The van der Waals surface area contributed by atoms with E-state index in [0.717, 1.165) is 11.4 Å². The number of anilines is 2. The average Bonchev–Trinajstić information content (AvgIpc) is 3.46. The van der Waals surface area contributed by atoms with E-state index in [-0.39, 0.29) is 5.41 Å². The number of benzene rings is 6. The van der Waals surface area contributed by atoms with Crippen molar-refractivity contribution in [3.8, 4) is 33.4 Å². The highest BCUT2D eigenvalue weighted by atomic mass is 14.9. The highest BCUT2D eigenvalue weighted by Crippen LogP contribution is 2.63. The van der Waals surface area contributed by atoms with Crippen LogP contribution in [0.2, 0.25) is 0 Å². The minimum atomic E-state index is -0.310. The zero-order valence-electron chi connectivity index (χ0n) is 20.9. The molecule has 0 aliphatic heterocycles. The van der Waals surface area contributed by atoms with Crippen LogP contribution in [0.3, 0.4) is 0 Å². The normalized spacial score (nSPS) is 13.5. The first kappa shape index (κ1) is 21.2. The molecule has 0 bridgehead atoms. The van der Waals surface area contributed by atoms with Crippen molar-refractivity contribution in [2.75, 3.05) is 5.32 Å². The number of hydrogen-bond donors (Lipinski definition) is 1. The molecule has 0 atom stereocenters. The summed E-state index contributed by atoms with van der Waals surface area (Å²) in [7, 11) is 0. The molecule has 1 N–H and O–H groups in total. The lowest BCUT2D eigenvalue weighted by atomic mass is 9.70. The van der Waals surface area contributed by atoms with E-state index < -0.39 is 0 Å². The molecule has 0 heterocycles. The fourth-order valence-electron chi connectivity index (χ4n) is 6.84. The molecule has 6 aromatic carbocycles. The lowest BCUT2D eigenvalue weighted by Gasteiger charge is -2.30. The standard InChI is InChI=1S/C37H25N/c1-2-13-26(14-3-1)38-27-15-10-12-25(24-27)28-19-11-23-35-36(28)31-18-6-9-22-34(31)37(35)32-20-7-4-16-29(32)30-17-5-8-21-33(30)37/h1-24,38H. The maximum atomic E-state index is 3.58. The molecule has 0 aromatic heterocycles. The fourth-order valence-corrected chi connectivity index (χ4v) is 6.84. The second-order valence-electron chi connectivity index (χ2n) is 10.2. The third kappa shape index (κ3) is 2.82. The Hall–Kier alpha value is -4.88. The summed E-state index contributed by atoms with van der Waals surface area (Å²) in [5.74, 6) is 0. The first-order valence-corrected chi connectivity index (χ1v) is 13.2. The predicted octanol–water partition coefficient (Wildman–Crippen LogP) is 9.44. The molecular formula is C37H25N. The Labute approximate surface area is 223 Å². The fraction of sp³-hybridized carbons (Fsp3) is 0.0270. The van der Waals surface area contributed by atoms with Gasteiger partial charge in [0.25, 0.3) is 0 Å². The van der Waals surface area contributed by atoms with E-state index in [1.54, 1.807) is 0 Å². The number of para-hydroxylation sites is 1. The zero-order chi connectivity index (χ0) is 25.1. The minimum Gasteiger partial charge on any atom is -0.356 e. The van der Waals surface area contributed by atoms with Gasteiger partial charge >= 0.3 is 0 Å². The summed E-state index contributed by atoms with van der Waals surface area (Å²) in [5, 5.41) is 3.58. The molecule has 2 aliphatic rings. The van der Waals surface area contributed by atoms with Crippen molar-refractivity contribution in [3.05, 3.63) is 168 Å². The number of fused-ring (bicyclic) bond motifs is 10. The Morgan fingerprint density at radius 3 is 1.58 bits per heavy atom. The summed E-state index contributed by atoms with van der Waals surface area (Å²) in [5.41, 5.74) is 15.2. The molecule has 0 fully saturated rings. The summed E-state index contributed by atoms with van der Waals surface area (Å²) in [4.78, 5) is 0. The van der Waals surface area contributed by atoms with Gasteiger partial charge in [0, 0.05) is 11.4 Å². The number of hydrogen-bond acceptors (Lipinski definition) is 1. The van der Waals surface area contributed by atoms with Gasteiger partial charge in [0.1, 0.15) is 0 Å². The van der Waals surface area contributed by atoms with Crippen LogP contribution in [0.1, 0.15) is 22.3 Å². The van der Waals surface area contributed by atoms with E-state index in [9.17, 15) is 0 Å². The summed E-state index contributed by atoms with van der Waals surface area (Å²) in [6, 6.07) is 53.0. The van der Waals surface area contributed by atoms with Gasteiger partial charge in [-0.15, -0.1) is 0 Å². The smallest absolute Gasteiger partial charge is 0.0725 e. The molecular weight excluding hydrogens is 458 g/mol. The van der Waals surface area contributed by atoms with Gasteiger partial charge in [-0.1, -0.05) is 121 Å². The van der Waals surface area contributed by atoms with Gasteiger partial charge in [-0.25, -0.2) is 0 Å². The van der Waals surface area contributed by atoms with Crippen molar-refractivity contribution < 1.29 is 0 Å².